The number of benzene rings is 4. The molecule has 468 valence electrons. The molecule has 26 heteroatoms. The first-order chi connectivity index (χ1) is 42.7. The maximum Gasteiger partial charge on any atom is 0.264 e. The van der Waals surface area contributed by atoms with Gasteiger partial charge in [-0.2, -0.15) is 17.6 Å². The highest BCUT2D eigenvalue weighted by atomic mass is 32.2. The molecule has 0 spiro atoms. The Morgan fingerprint density at radius 2 is 1.44 bits per heavy atom. The van der Waals surface area contributed by atoms with Gasteiger partial charge in [0, 0.05) is 104 Å². The number of thiophene rings is 2. The molecule has 0 fully saturated rings. The second kappa shape index (κ2) is 30.4. The summed E-state index contributed by atoms with van der Waals surface area (Å²) in [4.78, 5) is 9.64. The molecule has 0 saturated heterocycles. The van der Waals surface area contributed by atoms with Crippen LogP contribution in [0.15, 0.2) is 203 Å². The molecule has 6 heterocycles. The highest BCUT2D eigenvalue weighted by molar-refractivity contribution is 8.04. The lowest BCUT2D eigenvalue weighted by Gasteiger charge is -2.22. The molecule has 2 aliphatic heterocycles. The molecule has 0 bridgehead atoms. The summed E-state index contributed by atoms with van der Waals surface area (Å²) < 4.78 is 118. The minimum atomic E-state index is -4.33. The maximum atomic E-state index is 13.0. The van der Waals surface area contributed by atoms with Crippen LogP contribution in [0.5, 0.6) is 0 Å². The summed E-state index contributed by atoms with van der Waals surface area (Å²) in [5.74, 6) is -0.790. The number of unbranched alkanes of at least 4 members (excludes halogenated alkanes) is 1. The number of allylic oxidation sites excluding steroid dienone is 8. The molecule has 3 atom stereocenters. The lowest BCUT2D eigenvalue weighted by molar-refractivity contribution is -0.668. The highest BCUT2D eigenvalue weighted by Gasteiger charge is 2.29. The van der Waals surface area contributed by atoms with E-state index >= 15 is 0 Å². The highest BCUT2D eigenvalue weighted by Crippen LogP contribution is 2.49. The molecule has 0 saturated carbocycles. The first-order valence-electron chi connectivity index (χ1n) is 28.3. The van der Waals surface area contributed by atoms with Crippen molar-refractivity contribution in [1.29, 1.82) is 0 Å². The van der Waals surface area contributed by atoms with Crippen molar-refractivity contribution in [3.63, 3.8) is 0 Å². The monoisotopic (exact) mass is 1420 g/mol. The number of aryl methyl sites for hydroxylation is 2. The normalized spacial score (nSPS) is 17.0. The quantitative estimate of drug-likeness (QED) is 0.0276. The Morgan fingerprint density at radius 3 is 2.12 bits per heavy atom. The summed E-state index contributed by atoms with van der Waals surface area (Å²) in [6, 6.07) is 31.6. The molecule has 0 radical (unpaired) electrons. The van der Waals surface area contributed by atoms with Crippen molar-refractivity contribution in [2.75, 3.05) is 48.3 Å². The molecule has 14 nitrogen and oxygen atoms in total. The van der Waals surface area contributed by atoms with E-state index in [2.05, 4.69) is 102 Å². The molecule has 89 heavy (non-hydrogen) atoms. The van der Waals surface area contributed by atoms with Crippen LogP contribution in [-0.4, -0.2) is 77.0 Å². The van der Waals surface area contributed by atoms with E-state index in [1.165, 1.54) is 49.9 Å². The third kappa shape index (κ3) is 17.4. The summed E-state index contributed by atoms with van der Waals surface area (Å²) in [5, 5.41) is 8.11. The standard InChI is InChI=1S/C33H31N2O2S6.C30H34N2O8S6/c1-4-5-8-23(11-17-30-34(2)26-21-24(13-15-28(26)40-30)42(36)32-9-6-19-38-32)12-18-31-35(3)27-22-25(14-16-29(27)41-31)43(37)33-10-7-20-39-33;1-40-43-23-8-10-27-25(19-23)31(12-4-14-45(34,35)36)29(41-27)17-21-6-3-7-22(16-21)18-30-32(13-5-15-46(37,38)39)26-20-24(44(2)33)9-11-28(26)42-30/h6-7,9-22H,4-5,8H2,1-3H3;8-11,16-20H,3-7,12-15H2,1-2H3,(H-,34,35,36,37,38,39)/q+1;. The lowest BCUT2D eigenvalue weighted by atomic mass is 9.95. The Labute approximate surface area is 557 Å². The van der Waals surface area contributed by atoms with E-state index in [4.69, 9.17) is 4.18 Å². The summed E-state index contributed by atoms with van der Waals surface area (Å²) in [6.07, 6.45) is 23.2. The smallest absolute Gasteiger partial charge is 0.264 e. The topological polar surface area (TPSA) is 186 Å². The minimum absolute atomic E-state index is 0.200. The molecule has 4 aromatic heterocycles. The van der Waals surface area contributed by atoms with Crippen LogP contribution in [0.2, 0.25) is 0 Å². The molecule has 1 N–H and O–H groups in total. The van der Waals surface area contributed by atoms with E-state index in [0.717, 1.165) is 125 Å². The van der Waals surface area contributed by atoms with Crippen LogP contribution < -0.4 is 18.9 Å². The third-order valence-electron chi connectivity index (χ3n) is 14.6. The van der Waals surface area contributed by atoms with Gasteiger partial charge in [0.05, 0.1) is 79.3 Å². The Morgan fingerprint density at radius 1 is 0.775 bits per heavy atom. The number of anilines is 2. The zero-order valence-electron chi connectivity index (χ0n) is 49.2. The Hall–Kier alpha value is -4.62. The average molecular weight is 1420 g/mol. The van der Waals surface area contributed by atoms with Gasteiger partial charge in [0.2, 0.25) is 11.0 Å². The summed E-state index contributed by atoms with van der Waals surface area (Å²) in [6.45, 7) is 2.96. The van der Waals surface area contributed by atoms with Gasteiger partial charge in [0.1, 0.15) is 16.4 Å². The number of rotatable bonds is 23. The fourth-order valence-corrected chi connectivity index (χ4v) is 20.7. The average Bonchev–Trinajstić information content (AvgIpc) is 1.82. The molecular weight excluding hydrogens is 1360 g/mol. The van der Waals surface area contributed by atoms with Crippen molar-refractivity contribution in [2.24, 2.45) is 7.05 Å². The van der Waals surface area contributed by atoms with E-state index in [1.54, 1.807) is 59.6 Å². The molecule has 0 amide bonds. The Balaban J connectivity index is 0.000000197. The van der Waals surface area contributed by atoms with Crippen LogP contribution in [-0.2, 0) is 70.4 Å². The van der Waals surface area contributed by atoms with Crippen molar-refractivity contribution in [2.45, 2.75) is 103 Å². The fourth-order valence-electron chi connectivity index (χ4n) is 10.1. The van der Waals surface area contributed by atoms with Gasteiger partial charge in [-0.05, 0) is 151 Å². The van der Waals surface area contributed by atoms with Gasteiger partial charge >= 0.3 is 0 Å². The summed E-state index contributed by atoms with van der Waals surface area (Å²) in [5.41, 5.74) is 7.49. The van der Waals surface area contributed by atoms with Crippen molar-refractivity contribution in [3.8, 4) is 0 Å². The van der Waals surface area contributed by atoms with Crippen molar-refractivity contribution in [1.82, 2.24) is 0 Å². The van der Waals surface area contributed by atoms with Crippen LogP contribution in [0.3, 0.4) is 0 Å². The van der Waals surface area contributed by atoms with Crippen molar-refractivity contribution < 1.29 is 51.9 Å². The van der Waals surface area contributed by atoms with E-state index < -0.39 is 58.4 Å². The van der Waals surface area contributed by atoms with Crippen LogP contribution in [0.1, 0.15) is 68.3 Å². The second-order valence-electron chi connectivity index (χ2n) is 20.8. The zero-order chi connectivity index (χ0) is 63.0. The second-order valence-corrected chi connectivity index (χ2v) is 35.8. The van der Waals surface area contributed by atoms with E-state index in [0.29, 0.717) is 18.0 Å². The zero-order valence-corrected chi connectivity index (χ0v) is 59.0. The van der Waals surface area contributed by atoms with E-state index in [1.807, 2.05) is 88.5 Å². The molecule has 1 aliphatic carbocycles. The lowest BCUT2D eigenvalue weighted by Crippen LogP contribution is -2.36. The molecule has 11 rings (SSSR count). The van der Waals surface area contributed by atoms with Crippen molar-refractivity contribution >= 4 is 178 Å². The van der Waals surface area contributed by atoms with Crippen LogP contribution in [0.4, 0.5) is 11.4 Å². The van der Waals surface area contributed by atoms with Crippen LogP contribution in [0, 0.1) is 0 Å². The van der Waals surface area contributed by atoms with Gasteiger partial charge in [-0.1, -0.05) is 89.9 Å². The number of thiazole rings is 2. The number of nitrogens with zero attached hydrogens (tertiary/aromatic N) is 4. The molecule has 3 aliphatic rings. The Bertz CT molecular complexity index is 4430. The maximum absolute atomic E-state index is 13.0. The first-order valence-corrected chi connectivity index (χ1v) is 41.1. The largest absolute Gasteiger partial charge is 0.748 e. The van der Waals surface area contributed by atoms with E-state index in [9.17, 15) is 38.6 Å². The number of hydrogen-bond acceptors (Lipinski definition) is 18. The first kappa shape index (κ1) is 67.3. The fraction of sp³-hybridized carbons (Fsp3) is 0.270. The van der Waals surface area contributed by atoms with E-state index in [-0.39, 0.29) is 18.6 Å². The molecular formula is C63H65N4O10S12+. The molecule has 3 unspecified atom stereocenters. The molecule has 4 aromatic carbocycles. The van der Waals surface area contributed by atoms with Gasteiger partial charge in [0.15, 0.2) is 6.54 Å². The van der Waals surface area contributed by atoms with Gasteiger partial charge in [0.25, 0.3) is 20.1 Å². The van der Waals surface area contributed by atoms with Crippen LogP contribution >= 0.6 is 80.9 Å². The number of fused-ring (bicyclic) bond motifs is 4. The predicted molar refractivity (Wildman–Crippen MR) is 371 cm³/mol. The third-order valence-corrected chi connectivity index (χ3v) is 27.4. The molecule has 8 aromatic rings. The summed E-state index contributed by atoms with van der Waals surface area (Å²) in [7, 11) is -6.18. The predicted octanol–water partition coefficient (Wildman–Crippen LogP) is 15.1. The number of aromatic nitrogens is 2. The van der Waals surface area contributed by atoms with Gasteiger partial charge in [-0.25, -0.2) is 16.8 Å². The van der Waals surface area contributed by atoms with Crippen molar-refractivity contribution in [3.05, 3.63) is 175 Å². The summed E-state index contributed by atoms with van der Waals surface area (Å²) >= 11 is 11.0. The van der Waals surface area contributed by atoms with Gasteiger partial charge < -0.3 is 18.5 Å². The SMILES string of the molecule is CCCCC(/C=C/c1sc2ccc(S(=O)c3cccs3)cc2[n+]1C)=C\C=C1/Sc2ccc(S(=O)c3cccs3)cc2N1C.COSc1ccc2sc(C=C3C=C(/C=C4\Sc5ccc(S(C)=O)cc5N4CCCS(=O)(=O)O)CCC3)[n+](CCCS(=O)(=O)[O-])c2c1. The Kier molecular flexibility index (Phi) is 23.0. The minimum Gasteiger partial charge on any atom is -0.748 e. The van der Waals surface area contributed by atoms with Gasteiger partial charge in [-0.3, -0.25) is 8.76 Å². The number of thioether (sulfide) groups is 2. The van der Waals surface area contributed by atoms with Crippen LogP contribution in [0.25, 0.3) is 32.6 Å². The number of hydrogen-bond donors (Lipinski definition) is 1. The van der Waals surface area contributed by atoms with Gasteiger partial charge in [-0.15, -0.1) is 22.7 Å².